The van der Waals surface area contributed by atoms with Gasteiger partial charge in [-0.15, -0.1) is 0 Å². The maximum Gasteiger partial charge on any atom is 0.508 e. The molecule has 9 heavy (non-hydrogen) atoms. The normalized spacial score (nSPS) is 2.78. The molecule has 0 radical (unpaired) electrons. The molecule has 1 amide bonds. The number of halogens is 3. The molecular formula is CH12Cl3N3O2. The average Bonchev–Trinajstić information content (AvgIpc) is 0.811. The molecule has 0 bridgehead atoms. The fourth-order valence-electron chi connectivity index (χ4n) is 0. The molecule has 0 atom stereocenters. The Kier molecular flexibility index (Phi) is 276. The highest BCUT2D eigenvalue weighted by molar-refractivity contribution is 5.50. The van der Waals surface area contributed by atoms with Crippen molar-refractivity contribution in [2.24, 2.45) is 0 Å². The monoisotopic (exact) mass is 203 g/mol. The molecule has 0 saturated carbocycles. The van der Waals surface area contributed by atoms with Gasteiger partial charge < -0.3 is 54.6 Å². The van der Waals surface area contributed by atoms with E-state index in [1.165, 1.54) is 0 Å². The summed E-state index contributed by atoms with van der Waals surface area (Å²) in [5.74, 6) is 0. The Morgan fingerprint density at radius 1 is 1.11 bits per heavy atom. The molecule has 0 aromatic carbocycles. The van der Waals surface area contributed by atoms with E-state index in [1.54, 1.807) is 0 Å². The van der Waals surface area contributed by atoms with Gasteiger partial charge in [0.05, 0.1) is 0 Å². The lowest BCUT2D eigenvalue weighted by atomic mass is 11.3. The number of hydrogen-bond acceptors (Lipinski definition) is 1. The summed E-state index contributed by atoms with van der Waals surface area (Å²) < 4.78 is 0. The maximum atomic E-state index is 8.89. The van der Waals surface area contributed by atoms with Crippen molar-refractivity contribution < 1.29 is 52.9 Å². The van der Waals surface area contributed by atoms with E-state index in [4.69, 9.17) is 9.90 Å². The van der Waals surface area contributed by atoms with Crippen molar-refractivity contribution in [1.29, 1.82) is 0 Å². The molecule has 64 valence electrons. The second kappa shape index (κ2) is 41.3. The highest BCUT2D eigenvalue weighted by Gasteiger charge is 1.73. The zero-order chi connectivity index (χ0) is 3.58. The minimum absolute atomic E-state index is 0. The Hall–Kier alpha value is 0.220. The van der Waals surface area contributed by atoms with Crippen LogP contribution in [0, 0.1) is 0 Å². The Morgan fingerprint density at radius 2 is 1.11 bits per heavy atom. The fourth-order valence-corrected chi connectivity index (χ4v) is 0. The number of carbonyl (C=O) groups is 1. The van der Waals surface area contributed by atoms with Crippen LogP contribution in [-0.4, -0.2) is 11.2 Å². The number of rotatable bonds is 0. The van der Waals surface area contributed by atoms with E-state index in [1.807, 2.05) is 0 Å². The molecule has 0 aliphatic carbocycles. The summed E-state index contributed by atoms with van der Waals surface area (Å²) >= 11 is 0. The number of quaternary nitrogens is 3. The SMILES string of the molecule is [Cl-].[Cl-].[Cl-].[NH3+]C(=O)O.[NH4+].[NH4+]. The van der Waals surface area contributed by atoms with Gasteiger partial charge >= 0.3 is 6.09 Å². The summed E-state index contributed by atoms with van der Waals surface area (Å²) in [5, 5.41) is 7.31. The van der Waals surface area contributed by atoms with Gasteiger partial charge in [0.15, 0.2) is 0 Å². The standard InChI is InChI=1S/CH3NO2.3ClH.2H3N/c2-1(3)4;;;;;/h2H2,(H,3,4);3*1H;2*1H3. The molecule has 0 unspecified atom stereocenters. The Balaban J connectivity index is -0.00000000450. The Morgan fingerprint density at radius 3 is 1.11 bits per heavy atom. The fraction of sp³-hybridized carbons (Fsp3) is 0. The van der Waals surface area contributed by atoms with E-state index in [0.717, 1.165) is 0 Å². The Bertz CT molecular complexity index is 40.0. The Labute approximate surface area is 71.8 Å². The molecule has 0 heterocycles. The highest BCUT2D eigenvalue weighted by Crippen LogP contribution is 1.29. The van der Waals surface area contributed by atoms with Crippen molar-refractivity contribution in [3.05, 3.63) is 0 Å². The van der Waals surface area contributed by atoms with Gasteiger partial charge in [-0.05, 0) is 0 Å². The first kappa shape index (κ1) is 60.1. The molecule has 5 nitrogen and oxygen atoms in total. The van der Waals surface area contributed by atoms with Crippen LogP contribution in [0.5, 0.6) is 0 Å². The number of hydrogen-bond donors (Lipinski definition) is 4. The van der Waals surface area contributed by atoms with Crippen LogP contribution in [0.1, 0.15) is 0 Å². The smallest absolute Gasteiger partial charge is 0.508 e. The van der Waals surface area contributed by atoms with E-state index in [0.29, 0.717) is 0 Å². The van der Waals surface area contributed by atoms with E-state index in [-0.39, 0.29) is 49.5 Å². The van der Waals surface area contributed by atoms with Gasteiger partial charge in [0.25, 0.3) is 0 Å². The minimum atomic E-state index is -1.08. The van der Waals surface area contributed by atoms with Crippen LogP contribution in [0.3, 0.4) is 0 Å². The molecule has 0 aromatic rings. The molecule has 0 fully saturated rings. The minimum Gasteiger partial charge on any atom is -1.00 e. The zero-order valence-corrected chi connectivity index (χ0v) is 7.46. The third kappa shape index (κ3) is 6570. The van der Waals surface area contributed by atoms with Crippen molar-refractivity contribution in [2.75, 3.05) is 0 Å². The summed E-state index contributed by atoms with van der Waals surface area (Å²) in [4.78, 5) is 8.89. The maximum absolute atomic E-state index is 8.89. The van der Waals surface area contributed by atoms with Crippen molar-refractivity contribution in [3.63, 3.8) is 0 Å². The van der Waals surface area contributed by atoms with Crippen LogP contribution >= 0.6 is 0 Å². The number of carboxylic acid groups (broad SMARTS) is 1. The molecule has 0 aliphatic heterocycles. The van der Waals surface area contributed by atoms with Crippen LogP contribution in [0.15, 0.2) is 0 Å². The molecule has 0 rings (SSSR count). The second-order valence-corrected chi connectivity index (χ2v) is 0.394. The van der Waals surface area contributed by atoms with Crippen molar-refractivity contribution >= 4 is 6.09 Å². The molecule has 0 aromatic heterocycles. The molecule has 0 aliphatic rings. The number of amides is 1. The van der Waals surface area contributed by atoms with Crippen LogP contribution < -0.4 is 55.3 Å². The van der Waals surface area contributed by atoms with Crippen molar-refractivity contribution in [3.8, 4) is 0 Å². The average molecular weight is 204 g/mol. The van der Waals surface area contributed by atoms with Crippen molar-refractivity contribution in [2.45, 2.75) is 0 Å². The predicted molar refractivity (Wildman–Crippen MR) is 22.9 cm³/mol. The molecule has 0 saturated heterocycles. The van der Waals surface area contributed by atoms with Crippen LogP contribution in [0.4, 0.5) is 4.79 Å². The quantitative estimate of drug-likeness (QED) is 0.311. The summed E-state index contributed by atoms with van der Waals surface area (Å²) in [6.07, 6.45) is -1.08. The van der Waals surface area contributed by atoms with Crippen LogP contribution in [0.25, 0.3) is 0 Å². The van der Waals surface area contributed by atoms with Gasteiger partial charge in [0.2, 0.25) is 0 Å². The van der Waals surface area contributed by atoms with E-state index < -0.39 is 6.09 Å². The van der Waals surface area contributed by atoms with Crippen molar-refractivity contribution in [1.82, 2.24) is 12.3 Å². The highest BCUT2D eigenvalue weighted by atomic mass is 35.5. The van der Waals surface area contributed by atoms with Gasteiger partial charge in [0.1, 0.15) is 0 Å². The first-order chi connectivity index (χ1) is 1.73. The first-order valence-corrected chi connectivity index (χ1v) is 0.781. The zero-order valence-electron chi connectivity index (χ0n) is 5.20. The lowest BCUT2D eigenvalue weighted by Gasteiger charge is -1.54. The van der Waals surface area contributed by atoms with Crippen LogP contribution in [-0.2, 0) is 0 Å². The van der Waals surface area contributed by atoms with E-state index >= 15 is 0 Å². The predicted octanol–water partition coefficient (Wildman–Crippen LogP) is -9.33. The molecule has 12 N–H and O–H groups in total. The third-order valence-electron chi connectivity index (χ3n) is 0. The first-order valence-electron chi connectivity index (χ1n) is 0.781. The summed E-state index contributed by atoms with van der Waals surface area (Å²) in [6, 6.07) is 0. The van der Waals surface area contributed by atoms with E-state index in [9.17, 15) is 0 Å². The largest absolute Gasteiger partial charge is 1.00 e. The van der Waals surface area contributed by atoms with Gasteiger partial charge in [0, 0.05) is 0 Å². The van der Waals surface area contributed by atoms with Gasteiger partial charge in [-0.2, -0.15) is 4.79 Å². The van der Waals surface area contributed by atoms with Gasteiger partial charge in [-0.25, -0.2) is 0 Å². The summed E-state index contributed by atoms with van der Waals surface area (Å²) in [6.45, 7) is 0. The van der Waals surface area contributed by atoms with Crippen LogP contribution in [0.2, 0.25) is 0 Å². The third-order valence-corrected chi connectivity index (χ3v) is 0. The molecule has 0 spiro atoms. The summed E-state index contributed by atoms with van der Waals surface area (Å²) in [7, 11) is 0. The van der Waals surface area contributed by atoms with Gasteiger partial charge in [-0.1, -0.05) is 0 Å². The molecular weight excluding hydrogens is 192 g/mol. The van der Waals surface area contributed by atoms with Gasteiger partial charge in [-0.3, -0.25) is 5.73 Å². The van der Waals surface area contributed by atoms with E-state index in [2.05, 4.69) is 5.73 Å². The topological polar surface area (TPSA) is 138 Å². The lowest BCUT2D eigenvalue weighted by molar-refractivity contribution is -0.275. The second-order valence-electron chi connectivity index (χ2n) is 0.394. The molecule has 8 heteroatoms. The lowest BCUT2D eigenvalue weighted by Crippen LogP contribution is -3.00. The summed E-state index contributed by atoms with van der Waals surface area (Å²) in [5.41, 5.74) is 2.56.